The Hall–Kier alpha value is -3.90. The molecule has 4 rings (SSSR count). The van der Waals surface area contributed by atoms with Crippen molar-refractivity contribution >= 4 is 45.7 Å². The maximum atomic E-state index is 13.3. The van der Waals surface area contributed by atoms with Crippen LogP contribution < -0.4 is 22.0 Å². The number of carbonyl (C=O) groups excluding carboxylic acids is 1. The molecule has 4 aromatic rings. The van der Waals surface area contributed by atoms with Crippen molar-refractivity contribution in [3.8, 4) is 12.3 Å². The summed E-state index contributed by atoms with van der Waals surface area (Å²) in [4.78, 5) is 28.8. The summed E-state index contributed by atoms with van der Waals surface area (Å²) in [7, 11) is 0. The summed E-state index contributed by atoms with van der Waals surface area (Å²) in [6.07, 6.45) is 7.00. The van der Waals surface area contributed by atoms with Crippen LogP contribution in [0.5, 0.6) is 0 Å². The van der Waals surface area contributed by atoms with Gasteiger partial charge in [0.15, 0.2) is 5.82 Å². The highest BCUT2D eigenvalue weighted by Crippen LogP contribution is 2.18. The van der Waals surface area contributed by atoms with E-state index in [1.807, 2.05) is 30.3 Å². The summed E-state index contributed by atoms with van der Waals surface area (Å²) in [6.45, 7) is 0.916. The molecule has 196 valence electrons. The lowest BCUT2D eigenvalue weighted by molar-refractivity contribution is 0.0949. The quantitative estimate of drug-likeness (QED) is 0.209. The zero-order valence-corrected chi connectivity index (χ0v) is 21.9. The number of benzene rings is 3. The molecule has 38 heavy (non-hydrogen) atoms. The van der Waals surface area contributed by atoms with Gasteiger partial charge in [0.1, 0.15) is 5.82 Å². The van der Waals surface area contributed by atoms with Crippen molar-refractivity contribution in [3.63, 3.8) is 0 Å². The van der Waals surface area contributed by atoms with Gasteiger partial charge in [-0.05, 0) is 55.4 Å². The lowest BCUT2D eigenvalue weighted by Gasteiger charge is -2.15. The lowest BCUT2D eigenvalue weighted by Crippen LogP contribution is -2.30. The molecular weight excluding hydrogens is 528 g/mol. The van der Waals surface area contributed by atoms with E-state index in [0.717, 1.165) is 5.69 Å². The maximum Gasteiger partial charge on any atom is 0.280 e. The van der Waals surface area contributed by atoms with E-state index in [2.05, 4.69) is 21.6 Å². The van der Waals surface area contributed by atoms with Crippen LogP contribution in [0.25, 0.3) is 10.9 Å². The second-order valence-corrected chi connectivity index (χ2v) is 8.86. The highest BCUT2D eigenvalue weighted by atomic mass is 35.5. The predicted octanol–water partition coefficient (Wildman–Crippen LogP) is 5.05. The van der Waals surface area contributed by atoms with Crippen LogP contribution in [0.2, 0.25) is 10.0 Å². The summed E-state index contributed by atoms with van der Waals surface area (Å²) < 4.78 is 14.8. The van der Waals surface area contributed by atoms with E-state index < -0.39 is 11.7 Å². The summed E-state index contributed by atoms with van der Waals surface area (Å²) in [5.74, 6) is 1.99. The van der Waals surface area contributed by atoms with Gasteiger partial charge >= 0.3 is 0 Å². The number of aromatic nitrogens is 2. The van der Waals surface area contributed by atoms with Gasteiger partial charge < -0.3 is 11.1 Å². The molecular formula is C28H26Cl2FN5O2. The monoisotopic (exact) mass is 553 g/mol. The molecule has 1 amide bonds. The van der Waals surface area contributed by atoms with E-state index in [-0.39, 0.29) is 16.1 Å². The number of hydrogen-bond donors (Lipinski definition) is 3. The van der Waals surface area contributed by atoms with E-state index in [0.29, 0.717) is 54.1 Å². The van der Waals surface area contributed by atoms with Crippen LogP contribution in [0.15, 0.2) is 71.5 Å². The minimum atomic E-state index is -0.690. The van der Waals surface area contributed by atoms with Crippen molar-refractivity contribution in [2.75, 3.05) is 18.5 Å². The van der Waals surface area contributed by atoms with Gasteiger partial charge in [-0.15, -0.1) is 12.3 Å². The summed E-state index contributed by atoms with van der Waals surface area (Å²) in [6, 6.07) is 18.8. The number of anilines is 1. The van der Waals surface area contributed by atoms with Crippen LogP contribution in [0.4, 0.5) is 10.1 Å². The second kappa shape index (κ2) is 14.1. The Morgan fingerprint density at radius 2 is 1.87 bits per heavy atom. The van der Waals surface area contributed by atoms with Gasteiger partial charge in [-0.2, -0.15) is 0 Å². The molecule has 0 saturated heterocycles. The molecule has 0 spiro atoms. The topological polar surface area (TPSA) is 102 Å². The number of hydrogen-bond acceptors (Lipinski definition) is 5. The molecule has 10 heteroatoms. The summed E-state index contributed by atoms with van der Waals surface area (Å²) >= 11 is 11.5. The second-order valence-electron chi connectivity index (χ2n) is 8.01. The fourth-order valence-corrected chi connectivity index (χ4v) is 3.73. The lowest BCUT2D eigenvalue weighted by atomic mass is 10.2. The molecule has 4 N–H and O–H groups in total. The molecule has 1 heterocycles. The van der Waals surface area contributed by atoms with Gasteiger partial charge in [0.05, 0.1) is 27.2 Å². The van der Waals surface area contributed by atoms with Crippen molar-refractivity contribution in [2.45, 2.75) is 19.3 Å². The Balaban J connectivity index is 0.000000232. The average Bonchev–Trinajstić information content (AvgIpc) is 2.91. The number of nitrogens with two attached hydrogens (primary N) is 1. The van der Waals surface area contributed by atoms with Crippen LogP contribution in [0.1, 0.15) is 29.0 Å². The first-order valence-corrected chi connectivity index (χ1v) is 12.5. The first-order chi connectivity index (χ1) is 18.3. The third kappa shape index (κ3) is 7.56. The number of carbonyl (C=O) groups is 1. The van der Waals surface area contributed by atoms with Crippen molar-refractivity contribution in [3.05, 3.63) is 104 Å². The van der Waals surface area contributed by atoms with E-state index in [4.69, 9.17) is 35.4 Å². The highest BCUT2D eigenvalue weighted by molar-refractivity contribution is 6.31. The highest BCUT2D eigenvalue weighted by Gasteiger charge is 2.13. The zero-order valence-electron chi connectivity index (χ0n) is 20.4. The number of fused-ring (bicyclic) bond motifs is 1. The number of para-hydroxylation sites is 1. The normalized spacial score (nSPS) is 10.3. The maximum absolute atomic E-state index is 13.3. The molecule has 0 bridgehead atoms. The first-order valence-electron chi connectivity index (χ1n) is 11.7. The number of rotatable bonds is 8. The average molecular weight is 554 g/mol. The van der Waals surface area contributed by atoms with Gasteiger partial charge in [-0.1, -0.05) is 47.5 Å². The Kier molecular flexibility index (Phi) is 10.7. The minimum Gasteiger partial charge on any atom is -0.352 e. The predicted molar refractivity (Wildman–Crippen MR) is 151 cm³/mol. The summed E-state index contributed by atoms with van der Waals surface area (Å²) in [5.41, 5.74) is 9.51. The summed E-state index contributed by atoms with van der Waals surface area (Å²) in [5, 5.41) is 3.54. The standard InChI is InChI=1S/C18H14ClN3O.C10H12ClFN2O/c1-2-3-9-17-20-16-12-13(19)10-11-15(16)18(23)22(17)21-14-7-5-4-6-8-14;11-8-4-1-3-7(9(8)12)10(15)14-6-2-5-13/h1,4-8,10-12,21H,3,9H2;1,3-4H,2,5-6,13H2,(H,14,15). The molecule has 3 aromatic carbocycles. The molecule has 0 aliphatic heterocycles. The number of nitrogens with one attached hydrogen (secondary N) is 2. The molecule has 0 radical (unpaired) electrons. The van der Waals surface area contributed by atoms with Crippen LogP contribution >= 0.6 is 23.2 Å². The van der Waals surface area contributed by atoms with Crippen LogP contribution in [0.3, 0.4) is 0 Å². The smallest absolute Gasteiger partial charge is 0.280 e. The molecule has 0 fully saturated rings. The molecule has 0 atom stereocenters. The van der Waals surface area contributed by atoms with Gasteiger partial charge in [0.25, 0.3) is 11.5 Å². The molecule has 1 aromatic heterocycles. The van der Waals surface area contributed by atoms with Gasteiger partial charge in [-0.25, -0.2) is 14.1 Å². The molecule has 0 aliphatic rings. The third-order valence-corrected chi connectivity index (χ3v) is 5.80. The Bertz CT molecular complexity index is 1500. The fourth-order valence-electron chi connectivity index (χ4n) is 3.39. The molecule has 0 saturated carbocycles. The Morgan fingerprint density at radius 3 is 2.58 bits per heavy atom. The molecule has 7 nitrogen and oxygen atoms in total. The van der Waals surface area contributed by atoms with Crippen molar-refractivity contribution in [1.29, 1.82) is 0 Å². The van der Waals surface area contributed by atoms with E-state index in [1.54, 1.807) is 18.2 Å². The largest absolute Gasteiger partial charge is 0.352 e. The number of aryl methyl sites for hydroxylation is 1. The fraction of sp³-hybridized carbons (Fsp3) is 0.179. The zero-order chi connectivity index (χ0) is 27.5. The molecule has 0 aliphatic carbocycles. The van der Waals surface area contributed by atoms with Crippen LogP contribution in [-0.4, -0.2) is 28.7 Å². The van der Waals surface area contributed by atoms with Crippen molar-refractivity contribution in [2.24, 2.45) is 5.73 Å². The number of terminal acetylenes is 1. The number of amides is 1. The van der Waals surface area contributed by atoms with Gasteiger partial charge in [0, 0.05) is 24.4 Å². The van der Waals surface area contributed by atoms with E-state index >= 15 is 0 Å². The van der Waals surface area contributed by atoms with Gasteiger partial charge in [0.2, 0.25) is 0 Å². The Labute approximate surface area is 229 Å². The van der Waals surface area contributed by atoms with E-state index in [9.17, 15) is 14.0 Å². The number of halogens is 3. The van der Waals surface area contributed by atoms with Crippen molar-refractivity contribution < 1.29 is 9.18 Å². The Morgan fingerprint density at radius 1 is 1.11 bits per heavy atom. The third-order valence-electron chi connectivity index (χ3n) is 5.27. The van der Waals surface area contributed by atoms with Gasteiger partial charge in [-0.3, -0.25) is 15.0 Å². The molecule has 0 unspecified atom stereocenters. The van der Waals surface area contributed by atoms with E-state index in [1.165, 1.54) is 22.9 Å². The SMILES string of the molecule is C#CCCc1nc2cc(Cl)ccc2c(=O)n1Nc1ccccc1.NCCCNC(=O)c1cccc(Cl)c1F. The van der Waals surface area contributed by atoms with Crippen LogP contribution in [-0.2, 0) is 6.42 Å². The minimum absolute atomic E-state index is 0.0421. The number of nitrogens with zero attached hydrogens (tertiary/aromatic N) is 2. The van der Waals surface area contributed by atoms with Crippen LogP contribution in [0, 0.1) is 18.2 Å². The van der Waals surface area contributed by atoms with Crippen molar-refractivity contribution in [1.82, 2.24) is 15.0 Å². The first kappa shape index (κ1) is 28.7.